The normalized spacial score (nSPS) is 21.5. The van der Waals surface area contributed by atoms with Crippen molar-refractivity contribution in [2.24, 2.45) is 5.92 Å². The zero-order chi connectivity index (χ0) is 17.9. The fourth-order valence-corrected chi connectivity index (χ4v) is 4.80. The van der Waals surface area contributed by atoms with Crippen molar-refractivity contribution in [3.8, 4) is 0 Å². The van der Waals surface area contributed by atoms with E-state index in [9.17, 15) is 18.0 Å². The van der Waals surface area contributed by atoms with Crippen LogP contribution >= 0.6 is 0 Å². The fraction of sp³-hybridized carbons (Fsp3) is 0.500. The van der Waals surface area contributed by atoms with Crippen molar-refractivity contribution < 1.29 is 18.0 Å². The molecule has 0 spiro atoms. The highest BCUT2D eigenvalue weighted by molar-refractivity contribution is 7.89. The maximum absolute atomic E-state index is 13.0. The summed E-state index contributed by atoms with van der Waals surface area (Å²) in [6, 6.07) is 6.31. The van der Waals surface area contributed by atoms with Gasteiger partial charge in [0, 0.05) is 27.1 Å². The summed E-state index contributed by atoms with van der Waals surface area (Å²) >= 11 is 0. The maximum atomic E-state index is 13.0. The van der Waals surface area contributed by atoms with Gasteiger partial charge in [-0.2, -0.15) is 4.31 Å². The van der Waals surface area contributed by atoms with E-state index >= 15 is 0 Å². The predicted molar refractivity (Wildman–Crippen MR) is 89.7 cm³/mol. The first-order valence-electron chi connectivity index (χ1n) is 7.88. The number of nitrogens with one attached hydrogen (secondary N) is 2. The van der Waals surface area contributed by atoms with Gasteiger partial charge in [0.05, 0.1) is 16.9 Å². The van der Waals surface area contributed by atoms with Gasteiger partial charge in [-0.05, 0) is 18.1 Å². The summed E-state index contributed by atoms with van der Waals surface area (Å²) in [5, 5.41) is 5.22. The summed E-state index contributed by atoms with van der Waals surface area (Å²) in [6.45, 7) is 3.37. The van der Waals surface area contributed by atoms with Gasteiger partial charge in [0.15, 0.2) is 0 Å². The number of benzene rings is 1. The molecule has 1 aliphatic rings. The van der Waals surface area contributed by atoms with Gasteiger partial charge in [0.25, 0.3) is 0 Å². The molecule has 2 atom stereocenters. The molecular formula is C16H23N3O4S. The van der Waals surface area contributed by atoms with Gasteiger partial charge in [-0.1, -0.05) is 25.1 Å². The smallest absolute Gasteiger partial charge is 0.243 e. The standard InChI is InChI=1S/C16H23N3O4S/c1-4-12-7-5-6-8-15(12)24(22,23)19-9-13(16(21)17-3)14(10-19)18-11(2)20/h5-8,13-14H,4,9-10H2,1-3H3,(H,17,21)(H,18,20)/t13-,14-/m0/s1. The van der Waals surface area contributed by atoms with Gasteiger partial charge in [-0.3, -0.25) is 9.59 Å². The van der Waals surface area contributed by atoms with Crippen LogP contribution < -0.4 is 10.6 Å². The average Bonchev–Trinajstić information content (AvgIpc) is 2.97. The van der Waals surface area contributed by atoms with E-state index in [2.05, 4.69) is 10.6 Å². The molecule has 7 nitrogen and oxygen atoms in total. The Morgan fingerprint density at radius 3 is 2.50 bits per heavy atom. The van der Waals surface area contributed by atoms with Crippen LogP contribution in [0.2, 0.25) is 0 Å². The molecule has 0 saturated carbocycles. The first-order chi connectivity index (χ1) is 11.3. The number of amides is 2. The molecule has 2 rings (SSSR count). The molecule has 1 aromatic rings. The lowest BCUT2D eigenvalue weighted by Gasteiger charge is -2.18. The number of hydrogen-bond donors (Lipinski definition) is 2. The summed E-state index contributed by atoms with van der Waals surface area (Å²) in [5.74, 6) is -1.18. The summed E-state index contributed by atoms with van der Waals surface area (Å²) in [6.07, 6.45) is 0.594. The molecule has 2 N–H and O–H groups in total. The highest BCUT2D eigenvalue weighted by Crippen LogP contribution is 2.27. The molecule has 0 radical (unpaired) electrons. The van der Waals surface area contributed by atoms with Crippen LogP contribution in [-0.4, -0.2) is 50.7 Å². The lowest BCUT2D eigenvalue weighted by atomic mass is 10.0. The topological polar surface area (TPSA) is 95.6 Å². The molecule has 0 unspecified atom stereocenters. The van der Waals surface area contributed by atoms with E-state index < -0.39 is 22.0 Å². The van der Waals surface area contributed by atoms with Crippen molar-refractivity contribution >= 4 is 21.8 Å². The van der Waals surface area contributed by atoms with Crippen molar-refractivity contribution in [2.45, 2.75) is 31.2 Å². The fourth-order valence-electron chi connectivity index (χ4n) is 3.01. The molecule has 2 amide bonds. The van der Waals surface area contributed by atoms with Crippen LogP contribution in [0.1, 0.15) is 19.4 Å². The quantitative estimate of drug-likeness (QED) is 0.786. The number of aryl methyl sites for hydroxylation is 1. The Morgan fingerprint density at radius 2 is 1.92 bits per heavy atom. The first kappa shape index (κ1) is 18.4. The maximum Gasteiger partial charge on any atom is 0.243 e. The molecule has 1 heterocycles. The third-order valence-corrected chi connectivity index (χ3v) is 6.16. The largest absolute Gasteiger partial charge is 0.359 e. The van der Waals surface area contributed by atoms with Crippen LogP contribution in [0.4, 0.5) is 0 Å². The minimum Gasteiger partial charge on any atom is -0.359 e. The first-order valence-corrected chi connectivity index (χ1v) is 9.32. The Balaban J connectivity index is 2.34. The summed E-state index contributed by atoms with van der Waals surface area (Å²) in [7, 11) is -2.23. The van der Waals surface area contributed by atoms with Gasteiger partial charge in [-0.15, -0.1) is 0 Å². The Kier molecular flexibility index (Phi) is 5.61. The van der Waals surface area contributed by atoms with Crippen LogP contribution in [0.25, 0.3) is 0 Å². The predicted octanol–water partition coefficient (Wildman–Crippen LogP) is 0.120. The lowest BCUT2D eigenvalue weighted by Crippen LogP contribution is -2.44. The van der Waals surface area contributed by atoms with E-state index in [1.807, 2.05) is 6.92 Å². The Bertz CT molecular complexity index is 733. The molecule has 1 fully saturated rings. The van der Waals surface area contributed by atoms with Crippen LogP contribution in [0.3, 0.4) is 0 Å². The molecule has 1 aliphatic heterocycles. The van der Waals surface area contributed by atoms with Gasteiger partial charge >= 0.3 is 0 Å². The highest BCUT2D eigenvalue weighted by atomic mass is 32.2. The van der Waals surface area contributed by atoms with Gasteiger partial charge < -0.3 is 10.6 Å². The zero-order valence-electron chi connectivity index (χ0n) is 14.1. The van der Waals surface area contributed by atoms with Gasteiger partial charge in [0.1, 0.15) is 0 Å². The van der Waals surface area contributed by atoms with Gasteiger partial charge in [-0.25, -0.2) is 8.42 Å². The molecular weight excluding hydrogens is 330 g/mol. The van der Waals surface area contributed by atoms with E-state index in [1.54, 1.807) is 24.3 Å². The third-order valence-electron chi connectivity index (χ3n) is 4.23. The molecule has 0 aliphatic carbocycles. The Labute approximate surface area is 142 Å². The van der Waals surface area contributed by atoms with Gasteiger partial charge in [0.2, 0.25) is 21.8 Å². The van der Waals surface area contributed by atoms with Crippen molar-refractivity contribution in [1.29, 1.82) is 0 Å². The third kappa shape index (κ3) is 3.59. The molecule has 0 aromatic heterocycles. The van der Waals surface area contributed by atoms with E-state index in [1.165, 1.54) is 18.3 Å². The number of carbonyl (C=O) groups is 2. The van der Waals surface area contributed by atoms with E-state index in [0.29, 0.717) is 6.42 Å². The molecule has 8 heteroatoms. The average molecular weight is 353 g/mol. The molecule has 24 heavy (non-hydrogen) atoms. The van der Waals surface area contributed by atoms with Crippen LogP contribution in [0.15, 0.2) is 29.2 Å². The number of nitrogens with zero attached hydrogens (tertiary/aromatic N) is 1. The second kappa shape index (κ2) is 7.31. The van der Waals surface area contributed by atoms with Crippen molar-refractivity contribution in [3.05, 3.63) is 29.8 Å². The summed E-state index contributed by atoms with van der Waals surface area (Å²) in [5.41, 5.74) is 0.733. The number of sulfonamides is 1. The number of hydrogen-bond acceptors (Lipinski definition) is 4. The SMILES string of the molecule is CCc1ccccc1S(=O)(=O)N1C[C@H](NC(C)=O)[C@@H](C(=O)NC)C1. The van der Waals surface area contributed by atoms with E-state index in [0.717, 1.165) is 5.56 Å². The van der Waals surface area contributed by atoms with E-state index in [-0.39, 0.29) is 29.8 Å². The molecule has 1 saturated heterocycles. The monoisotopic (exact) mass is 353 g/mol. The minimum atomic E-state index is -3.72. The molecule has 0 bridgehead atoms. The summed E-state index contributed by atoms with van der Waals surface area (Å²) < 4.78 is 27.2. The molecule has 132 valence electrons. The highest BCUT2D eigenvalue weighted by Gasteiger charge is 2.43. The second-order valence-electron chi connectivity index (χ2n) is 5.81. The van der Waals surface area contributed by atoms with E-state index in [4.69, 9.17) is 0 Å². The Morgan fingerprint density at radius 1 is 1.25 bits per heavy atom. The Hall–Kier alpha value is -1.93. The van der Waals surface area contributed by atoms with Crippen molar-refractivity contribution in [3.63, 3.8) is 0 Å². The minimum absolute atomic E-state index is 0.0466. The zero-order valence-corrected chi connectivity index (χ0v) is 14.9. The molecule has 1 aromatic carbocycles. The van der Waals surface area contributed by atoms with Crippen LogP contribution in [0, 0.1) is 5.92 Å². The van der Waals surface area contributed by atoms with Crippen molar-refractivity contribution in [2.75, 3.05) is 20.1 Å². The van der Waals surface area contributed by atoms with Crippen molar-refractivity contribution in [1.82, 2.24) is 14.9 Å². The van der Waals surface area contributed by atoms with Crippen LogP contribution in [0.5, 0.6) is 0 Å². The number of rotatable bonds is 5. The second-order valence-corrected chi connectivity index (χ2v) is 7.72. The lowest BCUT2D eigenvalue weighted by molar-refractivity contribution is -0.125. The summed E-state index contributed by atoms with van der Waals surface area (Å²) in [4.78, 5) is 23.7. The number of carbonyl (C=O) groups excluding carboxylic acids is 2. The van der Waals surface area contributed by atoms with Crippen LogP contribution in [-0.2, 0) is 26.0 Å².